The molecule has 0 heterocycles. The van der Waals surface area contributed by atoms with Crippen molar-refractivity contribution < 1.29 is 9.53 Å². The maximum Gasteiger partial charge on any atom is 0.333 e. The summed E-state index contributed by atoms with van der Waals surface area (Å²) < 4.78 is 4.66. The maximum absolute atomic E-state index is 11.3. The monoisotopic (exact) mass is 208 g/mol. The molecule has 82 valence electrons. The summed E-state index contributed by atoms with van der Waals surface area (Å²) >= 11 is 0. The van der Waals surface area contributed by atoms with E-state index >= 15 is 0 Å². The summed E-state index contributed by atoms with van der Waals surface area (Å²) in [4.78, 5) is 11.3. The first kappa shape index (κ1) is 11.5. The van der Waals surface area contributed by atoms with Crippen LogP contribution in [-0.2, 0) is 9.53 Å². The summed E-state index contributed by atoms with van der Waals surface area (Å²) in [7, 11) is 1.37. The highest BCUT2D eigenvalue weighted by Crippen LogP contribution is 2.28. The van der Waals surface area contributed by atoms with E-state index in [0.29, 0.717) is 12.0 Å². The third-order valence-corrected chi connectivity index (χ3v) is 2.62. The van der Waals surface area contributed by atoms with E-state index in [1.807, 2.05) is 6.92 Å². The number of amidine groups is 1. The second-order valence-electron chi connectivity index (χ2n) is 3.53. The molecule has 1 atom stereocenters. The van der Waals surface area contributed by atoms with Gasteiger partial charge in [0.2, 0.25) is 0 Å². The Kier molecular flexibility index (Phi) is 3.66. The topological polar surface area (TPSA) is 76.2 Å². The first-order valence-electron chi connectivity index (χ1n) is 4.93. The number of nitrogens with one attached hydrogen (secondary N) is 1. The third kappa shape index (κ3) is 2.46. The fourth-order valence-electron chi connectivity index (χ4n) is 1.73. The fraction of sp³-hybridized carbons (Fsp3) is 0.455. The lowest BCUT2D eigenvalue weighted by Crippen LogP contribution is -2.23. The minimum absolute atomic E-state index is 0.0852. The molecule has 1 rings (SSSR count). The molecule has 0 saturated carbocycles. The SMILES string of the molecule is CCC1CC(C(=O)OC)=CC=C1C(=N)N. The molecule has 0 fully saturated rings. The molecule has 0 amide bonds. The Hall–Kier alpha value is -1.58. The van der Waals surface area contributed by atoms with Crippen LogP contribution in [0.25, 0.3) is 0 Å². The van der Waals surface area contributed by atoms with Crippen molar-refractivity contribution in [1.82, 2.24) is 0 Å². The van der Waals surface area contributed by atoms with E-state index in [1.54, 1.807) is 12.2 Å². The van der Waals surface area contributed by atoms with Gasteiger partial charge in [-0.3, -0.25) is 5.41 Å². The largest absolute Gasteiger partial charge is 0.466 e. The molecule has 0 saturated heterocycles. The second kappa shape index (κ2) is 4.77. The summed E-state index contributed by atoms with van der Waals surface area (Å²) in [6, 6.07) is 0. The molecule has 1 unspecified atom stereocenters. The Morgan fingerprint density at radius 2 is 2.33 bits per heavy atom. The molecule has 0 aromatic heterocycles. The van der Waals surface area contributed by atoms with Gasteiger partial charge >= 0.3 is 5.97 Å². The average molecular weight is 208 g/mol. The number of hydrogen-bond donors (Lipinski definition) is 2. The molecule has 0 aliphatic heterocycles. The summed E-state index contributed by atoms with van der Waals surface area (Å²) in [5.41, 5.74) is 6.91. The average Bonchev–Trinajstić information content (AvgIpc) is 2.26. The highest BCUT2D eigenvalue weighted by Gasteiger charge is 2.23. The van der Waals surface area contributed by atoms with Gasteiger partial charge in [-0.2, -0.15) is 0 Å². The molecule has 0 radical (unpaired) electrons. The zero-order valence-corrected chi connectivity index (χ0v) is 9.04. The van der Waals surface area contributed by atoms with E-state index < -0.39 is 0 Å². The zero-order chi connectivity index (χ0) is 11.4. The van der Waals surface area contributed by atoms with Gasteiger partial charge in [0, 0.05) is 5.57 Å². The molecule has 1 aliphatic rings. The normalized spacial score (nSPS) is 20.3. The van der Waals surface area contributed by atoms with Gasteiger partial charge in [-0.15, -0.1) is 0 Å². The number of carbonyl (C=O) groups is 1. The third-order valence-electron chi connectivity index (χ3n) is 2.62. The standard InChI is InChI=1S/C11H16N2O2/c1-3-7-6-8(11(14)15-2)4-5-9(7)10(12)13/h4-5,7H,3,6H2,1-2H3,(H3,12,13). The van der Waals surface area contributed by atoms with Gasteiger partial charge in [-0.1, -0.05) is 19.1 Å². The Morgan fingerprint density at radius 1 is 1.67 bits per heavy atom. The number of allylic oxidation sites excluding steroid dienone is 2. The highest BCUT2D eigenvalue weighted by atomic mass is 16.5. The van der Waals surface area contributed by atoms with Crippen LogP contribution >= 0.6 is 0 Å². The Morgan fingerprint density at radius 3 is 2.80 bits per heavy atom. The van der Waals surface area contributed by atoms with Gasteiger partial charge in [0.15, 0.2) is 0 Å². The quantitative estimate of drug-likeness (QED) is 0.418. The molecule has 15 heavy (non-hydrogen) atoms. The van der Waals surface area contributed by atoms with Crippen molar-refractivity contribution in [2.45, 2.75) is 19.8 Å². The van der Waals surface area contributed by atoms with E-state index in [2.05, 4.69) is 4.74 Å². The summed E-state index contributed by atoms with van der Waals surface area (Å²) in [5, 5.41) is 7.40. The van der Waals surface area contributed by atoms with E-state index in [9.17, 15) is 4.79 Å². The summed E-state index contributed by atoms with van der Waals surface area (Å²) in [5.74, 6) is -0.0593. The first-order chi connectivity index (χ1) is 7.10. The Balaban J connectivity index is 2.93. The molecule has 0 aromatic rings. The van der Waals surface area contributed by atoms with Crippen LogP contribution in [0, 0.1) is 11.3 Å². The second-order valence-corrected chi connectivity index (χ2v) is 3.53. The van der Waals surface area contributed by atoms with E-state index in [-0.39, 0.29) is 17.7 Å². The number of esters is 1. The number of ether oxygens (including phenoxy) is 1. The molecule has 1 aliphatic carbocycles. The van der Waals surface area contributed by atoms with Crippen molar-refractivity contribution in [3.63, 3.8) is 0 Å². The number of methoxy groups -OCH3 is 1. The maximum atomic E-state index is 11.3. The van der Waals surface area contributed by atoms with Gasteiger partial charge in [-0.05, 0) is 24.3 Å². The van der Waals surface area contributed by atoms with Crippen LogP contribution in [0.2, 0.25) is 0 Å². The molecule has 0 aromatic carbocycles. The Labute approximate surface area is 89.3 Å². The van der Waals surface area contributed by atoms with Crippen LogP contribution in [0.1, 0.15) is 19.8 Å². The smallest absolute Gasteiger partial charge is 0.333 e. The highest BCUT2D eigenvalue weighted by molar-refractivity contribution is 5.97. The van der Waals surface area contributed by atoms with Gasteiger partial charge < -0.3 is 10.5 Å². The summed E-state index contributed by atoms with van der Waals surface area (Å²) in [6.07, 6.45) is 4.90. The van der Waals surface area contributed by atoms with Crippen molar-refractivity contribution in [2.24, 2.45) is 11.7 Å². The van der Waals surface area contributed by atoms with Crippen LogP contribution in [0.5, 0.6) is 0 Å². The lowest BCUT2D eigenvalue weighted by Gasteiger charge is -2.21. The molecule has 4 nitrogen and oxygen atoms in total. The van der Waals surface area contributed by atoms with Crippen LogP contribution < -0.4 is 5.73 Å². The number of nitrogens with two attached hydrogens (primary N) is 1. The summed E-state index contributed by atoms with van der Waals surface area (Å²) in [6.45, 7) is 2.02. The number of hydrogen-bond acceptors (Lipinski definition) is 3. The van der Waals surface area contributed by atoms with E-state index in [1.165, 1.54) is 7.11 Å². The van der Waals surface area contributed by atoms with Gasteiger partial charge in [0.1, 0.15) is 5.84 Å². The van der Waals surface area contributed by atoms with Crippen molar-refractivity contribution in [2.75, 3.05) is 7.11 Å². The Bertz CT molecular complexity index is 342. The van der Waals surface area contributed by atoms with Crippen LogP contribution in [-0.4, -0.2) is 18.9 Å². The zero-order valence-electron chi connectivity index (χ0n) is 9.04. The molecular weight excluding hydrogens is 192 g/mol. The van der Waals surface area contributed by atoms with E-state index in [4.69, 9.17) is 11.1 Å². The molecule has 4 heteroatoms. The van der Waals surface area contributed by atoms with Crippen LogP contribution in [0.4, 0.5) is 0 Å². The predicted octanol–water partition coefficient (Wildman–Crippen LogP) is 1.38. The minimum atomic E-state index is -0.299. The van der Waals surface area contributed by atoms with Gasteiger partial charge in [0.25, 0.3) is 0 Å². The van der Waals surface area contributed by atoms with Gasteiger partial charge in [-0.25, -0.2) is 4.79 Å². The molecule has 0 bridgehead atoms. The van der Waals surface area contributed by atoms with Crippen molar-refractivity contribution in [3.05, 3.63) is 23.3 Å². The first-order valence-corrected chi connectivity index (χ1v) is 4.93. The molecule has 0 spiro atoms. The van der Waals surface area contributed by atoms with Crippen molar-refractivity contribution >= 4 is 11.8 Å². The van der Waals surface area contributed by atoms with Crippen LogP contribution in [0.15, 0.2) is 23.3 Å². The molecule has 3 N–H and O–H groups in total. The van der Waals surface area contributed by atoms with Gasteiger partial charge in [0.05, 0.1) is 7.11 Å². The molecular formula is C11H16N2O2. The fourth-order valence-corrected chi connectivity index (χ4v) is 1.73. The lowest BCUT2D eigenvalue weighted by atomic mass is 9.84. The van der Waals surface area contributed by atoms with E-state index in [0.717, 1.165) is 12.0 Å². The van der Waals surface area contributed by atoms with Crippen LogP contribution in [0.3, 0.4) is 0 Å². The number of rotatable bonds is 3. The van der Waals surface area contributed by atoms with Crippen molar-refractivity contribution in [3.8, 4) is 0 Å². The lowest BCUT2D eigenvalue weighted by molar-refractivity contribution is -0.136. The predicted molar refractivity (Wildman–Crippen MR) is 58.5 cm³/mol. The minimum Gasteiger partial charge on any atom is -0.466 e. The number of carbonyl (C=O) groups excluding carboxylic acids is 1. The van der Waals surface area contributed by atoms with Crippen molar-refractivity contribution in [1.29, 1.82) is 5.41 Å².